The highest BCUT2D eigenvalue weighted by Gasteiger charge is 2.17. The number of carbonyl (C=O) groups excluding carboxylic acids is 1. The van der Waals surface area contributed by atoms with E-state index in [1.54, 1.807) is 27.5 Å². The lowest BCUT2D eigenvalue weighted by atomic mass is 10.1. The zero-order chi connectivity index (χ0) is 33.9. The fourth-order valence-corrected chi connectivity index (χ4v) is 6.40. The number of anilines is 2. The highest BCUT2D eigenvalue weighted by Crippen LogP contribution is 2.28. The Hall–Kier alpha value is -6.07. The first-order valence-corrected chi connectivity index (χ1v) is 16.9. The van der Waals surface area contributed by atoms with Crippen LogP contribution >= 0.6 is 0 Å². The third kappa shape index (κ3) is 6.63. The van der Waals surface area contributed by atoms with E-state index in [4.69, 9.17) is 14.7 Å². The monoisotopic (exact) mass is 663 g/mol. The topological polar surface area (TPSA) is 123 Å². The van der Waals surface area contributed by atoms with Crippen LogP contribution in [0.2, 0.25) is 0 Å². The molecule has 0 amide bonds. The van der Waals surface area contributed by atoms with Gasteiger partial charge in [-0.25, -0.2) is 23.8 Å². The number of esters is 1. The molecule has 7 aromatic rings. The summed E-state index contributed by atoms with van der Waals surface area (Å²) >= 11 is 0. The Morgan fingerprint density at radius 1 is 0.820 bits per heavy atom. The molecule has 0 saturated carbocycles. The summed E-state index contributed by atoms with van der Waals surface area (Å²) in [7, 11) is 0. The zero-order valence-corrected chi connectivity index (χ0v) is 27.7. The number of rotatable bonds is 10. The van der Waals surface area contributed by atoms with E-state index in [1.165, 1.54) is 5.56 Å². The third-order valence-electron chi connectivity index (χ3n) is 9.12. The minimum absolute atomic E-state index is 0.0969. The fraction of sp³-hybridized carbons (Fsp3) is 0.205. The Kier molecular flexibility index (Phi) is 8.62. The van der Waals surface area contributed by atoms with Gasteiger partial charge in [0.05, 0.1) is 40.4 Å². The number of nitrogens with one attached hydrogen (secondary N) is 3. The molecule has 1 aliphatic rings. The number of fused-ring (bicyclic) bond motifs is 2. The standard InChI is InChI=1S/C39H37N9O2/c1-26(28-7-3-2-4-8-28)43-37-11-5-9-33(45-37)31-23-41-47-19-15-27(21-35(31)47)25-50-39(49)29-16-20-48-36(22-29)32(24-42-48)34-10-6-12-38(46-34)44-30-13-17-40-18-14-30/h2-12,15-16,19-24,26,30,40H,13-14,17-18,25H2,1H3,(H,43,45)(H,44,46)/t26-/m0/s1. The first-order valence-electron chi connectivity index (χ1n) is 16.9. The van der Waals surface area contributed by atoms with Crippen molar-refractivity contribution < 1.29 is 9.53 Å². The molecule has 1 saturated heterocycles. The van der Waals surface area contributed by atoms with E-state index in [0.29, 0.717) is 11.6 Å². The van der Waals surface area contributed by atoms with Crippen molar-refractivity contribution in [2.24, 2.45) is 0 Å². The van der Waals surface area contributed by atoms with E-state index in [9.17, 15) is 4.79 Å². The molecule has 11 nitrogen and oxygen atoms in total. The van der Waals surface area contributed by atoms with E-state index in [0.717, 1.165) is 76.7 Å². The van der Waals surface area contributed by atoms with Crippen LogP contribution in [0.3, 0.4) is 0 Å². The predicted octanol–water partition coefficient (Wildman–Crippen LogP) is 6.80. The number of pyridine rings is 4. The maximum Gasteiger partial charge on any atom is 0.338 e. The molecule has 6 aromatic heterocycles. The molecule has 7 heterocycles. The largest absolute Gasteiger partial charge is 0.457 e. The van der Waals surface area contributed by atoms with Crippen molar-refractivity contribution in [3.05, 3.63) is 132 Å². The van der Waals surface area contributed by atoms with Crippen LogP contribution in [0.5, 0.6) is 0 Å². The average molecular weight is 664 g/mol. The molecule has 0 bridgehead atoms. The minimum atomic E-state index is -0.421. The fourth-order valence-electron chi connectivity index (χ4n) is 6.40. The summed E-state index contributed by atoms with van der Waals surface area (Å²) in [6, 6.07) is 30.0. The number of aromatic nitrogens is 6. The van der Waals surface area contributed by atoms with Crippen LogP contribution in [0.15, 0.2) is 116 Å². The Morgan fingerprint density at radius 3 is 2.22 bits per heavy atom. The van der Waals surface area contributed by atoms with Gasteiger partial charge >= 0.3 is 5.97 Å². The quantitative estimate of drug-likeness (QED) is 0.136. The van der Waals surface area contributed by atoms with Crippen LogP contribution < -0.4 is 16.0 Å². The lowest BCUT2D eigenvalue weighted by molar-refractivity contribution is 0.0472. The second-order valence-corrected chi connectivity index (χ2v) is 12.6. The summed E-state index contributed by atoms with van der Waals surface area (Å²) in [5.41, 5.74) is 7.42. The van der Waals surface area contributed by atoms with Crippen molar-refractivity contribution in [2.75, 3.05) is 23.7 Å². The number of piperidine rings is 1. The molecule has 0 radical (unpaired) electrons. The highest BCUT2D eigenvalue weighted by molar-refractivity contribution is 5.92. The summed E-state index contributed by atoms with van der Waals surface area (Å²) in [4.78, 5) is 23.1. The molecule has 1 aliphatic heterocycles. The molecule has 0 aliphatic carbocycles. The van der Waals surface area contributed by atoms with Crippen LogP contribution in [0.1, 0.15) is 47.3 Å². The van der Waals surface area contributed by atoms with E-state index >= 15 is 0 Å². The Balaban J connectivity index is 0.973. The molecule has 0 unspecified atom stereocenters. The molecule has 0 spiro atoms. The first-order chi connectivity index (χ1) is 24.6. The molecule has 50 heavy (non-hydrogen) atoms. The number of hydrogen-bond donors (Lipinski definition) is 3. The number of carbonyl (C=O) groups is 1. The molecular weight excluding hydrogens is 626 g/mol. The van der Waals surface area contributed by atoms with Gasteiger partial charge in [-0.2, -0.15) is 10.2 Å². The van der Waals surface area contributed by atoms with E-state index < -0.39 is 5.97 Å². The van der Waals surface area contributed by atoms with Crippen molar-refractivity contribution in [2.45, 2.75) is 38.5 Å². The Morgan fingerprint density at radius 2 is 1.48 bits per heavy atom. The van der Waals surface area contributed by atoms with E-state index in [-0.39, 0.29) is 12.6 Å². The maximum atomic E-state index is 13.3. The van der Waals surface area contributed by atoms with Gasteiger partial charge in [0, 0.05) is 35.6 Å². The lowest BCUT2D eigenvalue weighted by Crippen LogP contribution is -2.35. The molecule has 3 N–H and O–H groups in total. The van der Waals surface area contributed by atoms with Crippen LogP contribution in [0.4, 0.5) is 11.6 Å². The van der Waals surface area contributed by atoms with Gasteiger partial charge in [0.2, 0.25) is 0 Å². The second-order valence-electron chi connectivity index (χ2n) is 12.6. The SMILES string of the molecule is C[C@H](Nc1cccc(-c2cnn3ccc(COC(=O)c4ccn5ncc(-c6cccc(NC7CCNCC7)n6)c5c4)cc23)n1)c1ccccc1. The third-order valence-corrected chi connectivity index (χ3v) is 9.12. The average Bonchev–Trinajstić information content (AvgIpc) is 3.79. The lowest BCUT2D eigenvalue weighted by Gasteiger charge is -2.24. The number of ether oxygens (including phenoxy) is 1. The van der Waals surface area contributed by atoms with Crippen molar-refractivity contribution in [1.82, 2.24) is 34.5 Å². The number of benzene rings is 1. The van der Waals surface area contributed by atoms with Crippen LogP contribution in [-0.4, -0.2) is 54.3 Å². The van der Waals surface area contributed by atoms with Gasteiger partial charge in [-0.1, -0.05) is 42.5 Å². The summed E-state index contributed by atoms with van der Waals surface area (Å²) in [5, 5.41) is 19.5. The Labute approximate surface area is 289 Å². The molecule has 8 rings (SSSR count). The number of nitrogens with zero attached hydrogens (tertiary/aromatic N) is 6. The minimum Gasteiger partial charge on any atom is -0.457 e. The maximum absolute atomic E-state index is 13.3. The summed E-state index contributed by atoms with van der Waals surface area (Å²) in [6.07, 6.45) is 9.35. The van der Waals surface area contributed by atoms with Gasteiger partial charge in [-0.05, 0) is 92.5 Å². The van der Waals surface area contributed by atoms with E-state index in [2.05, 4.69) is 45.2 Å². The second kappa shape index (κ2) is 13.8. The molecule has 250 valence electrons. The van der Waals surface area contributed by atoms with Crippen molar-refractivity contribution in [3.8, 4) is 22.5 Å². The Bertz CT molecular complexity index is 2270. The zero-order valence-electron chi connectivity index (χ0n) is 27.7. The van der Waals surface area contributed by atoms with Gasteiger partial charge < -0.3 is 20.7 Å². The van der Waals surface area contributed by atoms with E-state index in [1.807, 2.05) is 85.2 Å². The normalized spacial score (nSPS) is 14.1. The van der Waals surface area contributed by atoms with Crippen molar-refractivity contribution >= 4 is 28.6 Å². The molecule has 1 fully saturated rings. The highest BCUT2D eigenvalue weighted by atomic mass is 16.5. The van der Waals surface area contributed by atoms with Crippen LogP contribution in [-0.2, 0) is 11.3 Å². The van der Waals surface area contributed by atoms with Gasteiger partial charge in [-0.15, -0.1) is 0 Å². The van der Waals surface area contributed by atoms with Gasteiger partial charge in [0.15, 0.2) is 0 Å². The predicted molar refractivity (Wildman–Crippen MR) is 194 cm³/mol. The molecule has 1 aromatic carbocycles. The van der Waals surface area contributed by atoms with Crippen molar-refractivity contribution in [3.63, 3.8) is 0 Å². The molecule has 11 heteroatoms. The molecule has 1 atom stereocenters. The van der Waals surface area contributed by atoms with Gasteiger partial charge in [0.25, 0.3) is 0 Å². The summed E-state index contributed by atoms with van der Waals surface area (Å²) in [5.74, 6) is 1.19. The van der Waals surface area contributed by atoms with Gasteiger partial charge in [0.1, 0.15) is 18.2 Å². The smallest absolute Gasteiger partial charge is 0.338 e. The van der Waals surface area contributed by atoms with Crippen LogP contribution in [0, 0.1) is 0 Å². The van der Waals surface area contributed by atoms with Crippen molar-refractivity contribution in [1.29, 1.82) is 0 Å². The summed E-state index contributed by atoms with van der Waals surface area (Å²) in [6.45, 7) is 4.22. The van der Waals surface area contributed by atoms with Gasteiger partial charge in [-0.3, -0.25) is 0 Å². The first kappa shape index (κ1) is 31.2. The number of hydrogen-bond acceptors (Lipinski definition) is 9. The van der Waals surface area contributed by atoms with Crippen LogP contribution in [0.25, 0.3) is 33.5 Å². The molecular formula is C39H37N9O2. The summed E-state index contributed by atoms with van der Waals surface area (Å²) < 4.78 is 9.36.